The van der Waals surface area contributed by atoms with Gasteiger partial charge < -0.3 is 47.0 Å². The van der Waals surface area contributed by atoms with Crippen LogP contribution in [0.1, 0.15) is 92.3 Å². The van der Waals surface area contributed by atoms with Gasteiger partial charge in [-0.05, 0) is 48.4 Å². The number of aliphatic carboxylic acids is 3. The van der Waals surface area contributed by atoms with E-state index in [9.17, 15) is 77.6 Å². The van der Waals surface area contributed by atoms with Crippen LogP contribution in [0.25, 0.3) is 22.8 Å². The highest BCUT2D eigenvalue weighted by Crippen LogP contribution is 2.21. The minimum absolute atomic E-state index is 0.0133. The molecule has 3 aromatic heterocycles. The van der Waals surface area contributed by atoms with Crippen LogP contribution in [0.4, 0.5) is 0 Å². The first-order valence-electron chi connectivity index (χ1n) is 24.1. The number of nitrogens with one attached hydrogen (secondary N) is 5. The van der Waals surface area contributed by atoms with Gasteiger partial charge in [0.15, 0.2) is 17.3 Å². The van der Waals surface area contributed by atoms with E-state index in [1.54, 1.807) is 30.3 Å². The number of Topliss-reactive ketones (excluding diaryl/α,β-unsaturated/α-hetero) is 4. The van der Waals surface area contributed by atoms with Crippen molar-refractivity contribution in [2.75, 3.05) is 19.6 Å². The van der Waals surface area contributed by atoms with Gasteiger partial charge in [-0.15, -0.1) is 0 Å². The van der Waals surface area contributed by atoms with E-state index in [0.717, 1.165) is 0 Å². The van der Waals surface area contributed by atoms with Crippen LogP contribution in [0.2, 0.25) is 0 Å². The zero-order valence-electron chi connectivity index (χ0n) is 42.0. The Hall–Kier alpha value is -9.56. The van der Waals surface area contributed by atoms with Gasteiger partial charge in [-0.2, -0.15) is 0 Å². The summed E-state index contributed by atoms with van der Waals surface area (Å²) in [7, 11) is 0. The number of nitrogens with zero attached hydrogens (tertiary/aromatic N) is 5. The Morgan fingerprint density at radius 3 is 1.62 bits per heavy atom. The van der Waals surface area contributed by atoms with Crippen LogP contribution in [0.3, 0.4) is 0 Å². The minimum atomic E-state index is -1.57. The number of carboxylic acids is 4. The van der Waals surface area contributed by atoms with Gasteiger partial charge in [-0.3, -0.25) is 57.5 Å². The van der Waals surface area contributed by atoms with Crippen LogP contribution in [-0.4, -0.2) is 148 Å². The molecule has 9 N–H and O–H groups in total. The summed E-state index contributed by atoms with van der Waals surface area (Å²) in [4.78, 5) is 180. The molecule has 4 rings (SSSR count). The number of carboxylic acid groups (broad SMARTS) is 4. The normalized spacial score (nSPS) is 11.9. The molecule has 0 saturated heterocycles. The summed E-state index contributed by atoms with van der Waals surface area (Å²) in [5.41, 5.74) is 2.17. The standard InChI is InChI=1S/C51H56N10O17/c1-28(62)54-24-34(64)19-31(21-46(69)70)49(75)57-27-45(68)56-26-43-53-18-16-39(60-43)37-4-2-3-36(58-37)38-15-17-52-42(59-38)13-10-33(63)11-14-44(67)55-25-35(65)20-32(22-47(71)72)50(76)61-40(23-48(73)74)41(66)12-7-29-5-8-30(9-6-29)51(77)78/h2-6,8-9,15-18,31-32,40H,7,10-14,19-27H2,1H3,(H,54,62)(H,55,67)(H,56,68)(H,57,75)(H,61,76)(H,69,70)(H,71,72)(H,73,74)(H,77,78). The minimum Gasteiger partial charge on any atom is -0.481 e. The number of carbonyl (C=O) groups is 13. The molecule has 412 valence electrons. The molecule has 0 aliphatic heterocycles. The molecule has 0 aliphatic carbocycles. The molecule has 0 fully saturated rings. The summed E-state index contributed by atoms with van der Waals surface area (Å²) < 4.78 is 0. The van der Waals surface area contributed by atoms with E-state index in [0.29, 0.717) is 28.3 Å². The highest BCUT2D eigenvalue weighted by molar-refractivity contribution is 5.96. The van der Waals surface area contributed by atoms with E-state index < -0.39 is 134 Å². The topological polar surface area (TPSA) is 427 Å². The van der Waals surface area contributed by atoms with E-state index in [2.05, 4.69) is 51.5 Å². The third kappa shape index (κ3) is 22.1. The van der Waals surface area contributed by atoms with Crippen molar-refractivity contribution in [3.05, 3.63) is 89.8 Å². The Morgan fingerprint density at radius 1 is 0.487 bits per heavy atom. The monoisotopic (exact) mass is 1080 g/mol. The maximum Gasteiger partial charge on any atom is 0.335 e. The van der Waals surface area contributed by atoms with Crippen molar-refractivity contribution in [2.24, 2.45) is 11.8 Å². The molecular formula is C51H56N10O17. The molecule has 27 nitrogen and oxygen atoms in total. The van der Waals surface area contributed by atoms with Crippen LogP contribution < -0.4 is 26.6 Å². The highest BCUT2D eigenvalue weighted by atomic mass is 16.4. The quantitative estimate of drug-likeness (QED) is 0.0302. The number of rotatable bonds is 34. The first kappa shape index (κ1) is 61.0. The Kier molecular flexibility index (Phi) is 24.0. The lowest BCUT2D eigenvalue weighted by atomic mass is 9.95. The van der Waals surface area contributed by atoms with Crippen LogP contribution >= 0.6 is 0 Å². The number of hydrogen-bond donors (Lipinski definition) is 9. The number of aryl methyl sites for hydroxylation is 2. The molecule has 3 heterocycles. The SMILES string of the molecule is CC(=O)NCC(=O)CC(CC(=O)O)C(=O)NCC(=O)NCc1nccc(-c2cccc(-c3ccnc(CCC(=O)CCC(=O)NCC(=O)CC(CC(=O)O)C(=O)NC(CC(=O)O)C(=O)CCc4ccc(C(=O)O)cc4)n3)n2)n1. The second-order valence-electron chi connectivity index (χ2n) is 17.5. The fraction of sp³-hybridized carbons (Fsp3) is 0.373. The average Bonchev–Trinajstić information content (AvgIpc) is 3.40. The number of benzene rings is 1. The fourth-order valence-electron chi connectivity index (χ4n) is 7.29. The predicted octanol–water partition coefficient (Wildman–Crippen LogP) is 0.222. The van der Waals surface area contributed by atoms with Crippen LogP contribution in [0, 0.1) is 11.8 Å². The van der Waals surface area contributed by atoms with Gasteiger partial charge in [-0.25, -0.2) is 29.7 Å². The van der Waals surface area contributed by atoms with Gasteiger partial charge in [0.05, 0.1) is 91.7 Å². The number of aromatic nitrogens is 5. The van der Waals surface area contributed by atoms with Gasteiger partial charge in [0.25, 0.3) is 0 Å². The number of ketones is 4. The zero-order chi connectivity index (χ0) is 57.3. The Labute approximate surface area is 443 Å². The summed E-state index contributed by atoms with van der Waals surface area (Å²) in [6.07, 6.45) is -1.28. The molecular weight excluding hydrogens is 1020 g/mol. The van der Waals surface area contributed by atoms with Crippen LogP contribution in [0.15, 0.2) is 67.0 Å². The van der Waals surface area contributed by atoms with Gasteiger partial charge >= 0.3 is 23.9 Å². The third-order valence-electron chi connectivity index (χ3n) is 11.3. The molecule has 1 aromatic carbocycles. The van der Waals surface area contributed by atoms with Crippen molar-refractivity contribution in [1.82, 2.24) is 51.5 Å². The summed E-state index contributed by atoms with van der Waals surface area (Å²) in [6, 6.07) is 12.3. The largest absolute Gasteiger partial charge is 0.481 e. The zero-order valence-corrected chi connectivity index (χ0v) is 42.0. The number of pyridine rings is 1. The summed E-state index contributed by atoms with van der Waals surface area (Å²) >= 11 is 0. The maximum absolute atomic E-state index is 13.2. The van der Waals surface area contributed by atoms with Crippen LogP contribution in [-0.2, 0) is 76.9 Å². The third-order valence-corrected chi connectivity index (χ3v) is 11.3. The van der Waals surface area contributed by atoms with Gasteiger partial charge in [0, 0.05) is 64.3 Å². The molecule has 0 bridgehead atoms. The van der Waals surface area contributed by atoms with Crippen molar-refractivity contribution in [1.29, 1.82) is 0 Å². The Balaban J connectivity index is 1.23. The first-order chi connectivity index (χ1) is 37.0. The lowest BCUT2D eigenvalue weighted by Gasteiger charge is -2.20. The maximum atomic E-state index is 13.2. The summed E-state index contributed by atoms with van der Waals surface area (Å²) in [6.45, 7) is -0.524. The molecule has 5 amide bonds. The number of hydrogen-bond acceptors (Lipinski definition) is 18. The number of amides is 5. The van der Waals surface area contributed by atoms with E-state index in [4.69, 9.17) is 5.11 Å². The molecule has 0 saturated carbocycles. The second kappa shape index (κ2) is 30.7. The molecule has 0 spiro atoms. The van der Waals surface area contributed by atoms with E-state index in [1.807, 2.05) is 0 Å². The van der Waals surface area contributed by atoms with Crippen molar-refractivity contribution in [3.63, 3.8) is 0 Å². The number of carbonyl (C=O) groups excluding carboxylic acids is 9. The van der Waals surface area contributed by atoms with Crippen LogP contribution in [0.5, 0.6) is 0 Å². The predicted molar refractivity (Wildman–Crippen MR) is 267 cm³/mol. The summed E-state index contributed by atoms with van der Waals surface area (Å²) in [5.74, 6) is -13.8. The molecule has 3 unspecified atom stereocenters. The van der Waals surface area contributed by atoms with Gasteiger partial charge in [-0.1, -0.05) is 18.2 Å². The molecule has 3 atom stereocenters. The lowest BCUT2D eigenvalue weighted by Crippen LogP contribution is -2.46. The smallest absolute Gasteiger partial charge is 0.335 e. The van der Waals surface area contributed by atoms with Gasteiger partial charge in [0.2, 0.25) is 29.5 Å². The van der Waals surface area contributed by atoms with Crippen molar-refractivity contribution in [2.45, 2.75) is 90.1 Å². The second-order valence-corrected chi connectivity index (χ2v) is 17.5. The Bertz CT molecular complexity index is 2910. The molecule has 0 radical (unpaired) electrons. The number of aromatic carboxylic acids is 1. The Morgan fingerprint density at radius 2 is 1.04 bits per heavy atom. The molecule has 0 aliphatic rings. The lowest BCUT2D eigenvalue weighted by molar-refractivity contribution is -0.144. The molecule has 27 heteroatoms. The summed E-state index contributed by atoms with van der Waals surface area (Å²) in [5, 5.41) is 48.8. The van der Waals surface area contributed by atoms with Crippen molar-refractivity contribution in [3.8, 4) is 22.8 Å². The van der Waals surface area contributed by atoms with Crippen molar-refractivity contribution < 1.29 is 82.8 Å². The van der Waals surface area contributed by atoms with Crippen molar-refractivity contribution >= 4 is 76.5 Å². The highest BCUT2D eigenvalue weighted by Gasteiger charge is 2.31. The van der Waals surface area contributed by atoms with E-state index in [1.165, 1.54) is 43.6 Å². The van der Waals surface area contributed by atoms with E-state index >= 15 is 0 Å². The van der Waals surface area contributed by atoms with Gasteiger partial charge in [0.1, 0.15) is 17.4 Å². The van der Waals surface area contributed by atoms with E-state index in [-0.39, 0.29) is 74.6 Å². The average molecular weight is 1080 g/mol. The fourth-order valence-corrected chi connectivity index (χ4v) is 7.29. The first-order valence-corrected chi connectivity index (χ1v) is 24.1. The molecule has 78 heavy (non-hydrogen) atoms. The molecule has 4 aromatic rings.